The molecule has 19 heavy (non-hydrogen) atoms. The molecule has 6 heteroatoms. The lowest BCUT2D eigenvalue weighted by atomic mass is 10.0. The van der Waals surface area contributed by atoms with Gasteiger partial charge in [0.25, 0.3) is 0 Å². The first-order chi connectivity index (χ1) is 8.65. The Hall–Kier alpha value is -1.07. The number of amides is 1. The van der Waals surface area contributed by atoms with Crippen LogP contribution in [-0.4, -0.2) is 40.0 Å². The first-order valence-corrected chi connectivity index (χ1v) is 6.63. The van der Waals surface area contributed by atoms with Crippen LogP contribution in [0.4, 0.5) is 0 Å². The average molecular weight is 287 g/mol. The van der Waals surface area contributed by atoms with Crippen LogP contribution in [0, 0.1) is 5.92 Å². The summed E-state index contributed by atoms with van der Waals surface area (Å²) in [6, 6.07) is 0.0558. The highest BCUT2D eigenvalue weighted by atomic mass is 35.5. The summed E-state index contributed by atoms with van der Waals surface area (Å²) in [7, 11) is 1.98. The predicted molar refractivity (Wildman–Crippen MR) is 77.2 cm³/mol. The van der Waals surface area contributed by atoms with Crippen LogP contribution in [0.3, 0.4) is 0 Å². The first kappa shape index (κ1) is 16.0. The van der Waals surface area contributed by atoms with Crippen LogP contribution in [0.25, 0.3) is 0 Å². The molecule has 2 unspecified atom stereocenters. The zero-order valence-electron chi connectivity index (χ0n) is 11.8. The fourth-order valence-corrected chi connectivity index (χ4v) is 2.35. The number of aryl methyl sites for hydroxylation is 1. The Morgan fingerprint density at radius 1 is 1.63 bits per heavy atom. The van der Waals surface area contributed by atoms with E-state index in [1.165, 1.54) is 0 Å². The van der Waals surface area contributed by atoms with Crippen molar-refractivity contribution in [3.05, 3.63) is 18.2 Å². The molecule has 108 valence electrons. The highest BCUT2D eigenvalue weighted by Crippen LogP contribution is 2.23. The molecule has 2 heterocycles. The van der Waals surface area contributed by atoms with E-state index in [0.717, 1.165) is 31.9 Å². The number of nitrogens with zero attached hydrogens (tertiary/aromatic N) is 3. The van der Waals surface area contributed by atoms with Gasteiger partial charge in [-0.05, 0) is 6.42 Å². The Balaban J connectivity index is 0.00000180. The van der Waals surface area contributed by atoms with Crippen LogP contribution >= 0.6 is 12.4 Å². The third-order valence-electron chi connectivity index (χ3n) is 3.72. The van der Waals surface area contributed by atoms with Crippen LogP contribution in [0.5, 0.6) is 0 Å². The average Bonchev–Trinajstić information content (AvgIpc) is 2.83. The van der Waals surface area contributed by atoms with Crippen molar-refractivity contribution in [3.63, 3.8) is 0 Å². The van der Waals surface area contributed by atoms with Gasteiger partial charge in [-0.3, -0.25) is 4.79 Å². The van der Waals surface area contributed by atoms with Crippen LogP contribution < -0.4 is 5.32 Å². The molecule has 0 aromatic carbocycles. The van der Waals surface area contributed by atoms with Gasteiger partial charge in [0, 0.05) is 45.0 Å². The summed E-state index contributed by atoms with van der Waals surface area (Å²) in [4.78, 5) is 18.8. The zero-order chi connectivity index (χ0) is 13.1. The molecule has 0 spiro atoms. The second kappa shape index (κ2) is 6.91. The monoisotopic (exact) mass is 286 g/mol. The van der Waals surface area contributed by atoms with E-state index in [1.54, 1.807) is 6.20 Å². The SMILES string of the molecule is CCC(C)C(=O)N1CCNCC1c1nccn1C.Cl. The van der Waals surface area contributed by atoms with Crippen molar-refractivity contribution in [2.45, 2.75) is 26.3 Å². The Kier molecular flexibility index (Phi) is 5.82. The first-order valence-electron chi connectivity index (χ1n) is 6.63. The Labute approximate surface area is 120 Å². The molecule has 1 fully saturated rings. The number of hydrogen-bond donors (Lipinski definition) is 1. The van der Waals surface area contributed by atoms with Crippen LogP contribution in [-0.2, 0) is 11.8 Å². The number of aromatic nitrogens is 2. The van der Waals surface area contributed by atoms with Crippen molar-refractivity contribution >= 4 is 18.3 Å². The van der Waals surface area contributed by atoms with E-state index in [2.05, 4.69) is 17.2 Å². The molecular weight excluding hydrogens is 264 g/mol. The molecule has 5 nitrogen and oxygen atoms in total. The van der Waals surface area contributed by atoms with E-state index in [9.17, 15) is 4.79 Å². The van der Waals surface area contributed by atoms with E-state index in [0.29, 0.717) is 0 Å². The molecule has 0 aliphatic carbocycles. The maximum atomic E-state index is 12.4. The van der Waals surface area contributed by atoms with Crippen LogP contribution in [0.15, 0.2) is 12.4 Å². The summed E-state index contributed by atoms with van der Waals surface area (Å²) < 4.78 is 1.99. The molecule has 0 radical (unpaired) electrons. The minimum atomic E-state index is 0. The Morgan fingerprint density at radius 2 is 2.37 bits per heavy atom. The molecule has 2 atom stereocenters. The van der Waals surface area contributed by atoms with Crippen LogP contribution in [0.2, 0.25) is 0 Å². The van der Waals surface area contributed by atoms with Crippen molar-refractivity contribution in [2.24, 2.45) is 13.0 Å². The van der Waals surface area contributed by atoms with Gasteiger partial charge in [0.2, 0.25) is 5.91 Å². The molecule has 1 saturated heterocycles. The quantitative estimate of drug-likeness (QED) is 0.913. The molecule has 1 aromatic rings. The second-order valence-electron chi connectivity index (χ2n) is 4.96. The summed E-state index contributed by atoms with van der Waals surface area (Å²) in [6.45, 7) is 6.47. The lowest BCUT2D eigenvalue weighted by molar-refractivity contribution is -0.138. The van der Waals surface area contributed by atoms with Crippen molar-refractivity contribution in [1.29, 1.82) is 0 Å². The van der Waals surface area contributed by atoms with E-state index in [4.69, 9.17) is 0 Å². The number of imidazole rings is 1. The normalized spacial score (nSPS) is 20.8. The van der Waals surface area contributed by atoms with Gasteiger partial charge in [-0.25, -0.2) is 4.98 Å². The Bertz CT molecular complexity index is 421. The third-order valence-corrected chi connectivity index (χ3v) is 3.72. The number of hydrogen-bond acceptors (Lipinski definition) is 3. The van der Waals surface area contributed by atoms with Gasteiger partial charge in [0.15, 0.2) is 0 Å². The summed E-state index contributed by atoms with van der Waals surface area (Å²) in [5.74, 6) is 1.29. The second-order valence-corrected chi connectivity index (χ2v) is 4.96. The van der Waals surface area contributed by atoms with Gasteiger partial charge in [0.1, 0.15) is 11.9 Å². The van der Waals surface area contributed by atoms with E-state index < -0.39 is 0 Å². The molecule has 2 rings (SSSR count). The number of carbonyl (C=O) groups is 1. The van der Waals surface area contributed by atoms with E-state index in [1.807, 2.05) is 29.6 Å². The van der Waals surface area contributed by atoms with Gasteiger partial charge < -0.3 is 14.8 Å². The van der Waals surface area contributed by atoms with Crippen molar-refractivity contribution < 1.29 is 4.79 Å². The number of rotatable bonds is 3. The minimum Gasteiger partial charge on any atom is -0.336 e. The van der Waals surface area contributed by atoms with Gasteiger partial charge in [-0.15, -0.1) is 12.4 Å². The van der Waals surface area contributed by atoms with E-state index >= 15 is 0 Å². The smallest absolute Gasteiger partial charge is 0.226 e. The number of piperazine rings is 1. The van der Waals surface area contributed by atoms with Crippen molar-refractivity contribution in [1.82, 2.24) is 19.8 Å². The summed E-state index contributed by atoms with van der Waals surface area (Å²) in [5.41, 5.74) is 0. The van der Waals surface area contributed by atoms with Crippen molar-refractivity contribution in [3.8, 4) is 0 Å². The highest BCUT2D eigenvalue weighted by molar-refractivity contribution is 5.85. The number of nitrogens with one attached hydrogen (secondary N) is 1. The van der Waals surface area contributed by atoms with E-state index in [-0.39, 0.29) is 30.3 Å². The standard InChI is InChI=1S/C13H22N4O.ClH/c1-4-10(2)13(18)17-8-5-14-9-11(17)12-15-6-7-16(12)3;/h6-7,10-11,14H,4-5,8-9H2,1-3H3;1H. The molecule has 1 aromatic heterocycles. The minimum absolute atomic E-state index is 0. The highest BCUT2D eigenvalue weighted by Gasteiger charge is 2.31. The van der Waals surface area contributed by atoms with Gasteiger partial charge in [-0.2, -0.15) is 0 Å². The topological polar surface area (TPSA) is 50.2 Å². The molecular formula is C13H23ClN4O. The molecule has 0 saturated carbocycles. The van der Waals surface area contributed by atoms with Gasteiger partial charge in [0.05, 0.1) is 0 Å². The molecule has 1 N–H and O–H groups in total. The third kappa shape index (κ3) is 3.28. The number of halogens is 1. The zero-order valence-corrected chi connectivity index (χ0v) is 12.6. The molecule has 1 aliphatic heterocycles. The lowest BCUT2D eigenvalue weighted by Crippen LogP contribution is -2.50. The molecule has 1 aliphatic rings. The molecule has 1 amide bonds. The number of carbonyl (C=O) groups excluding carboxylic acids is 1. The maximum Gasteiger partial charge on any atom is 0.226 e. The molecule has 0 bridgehead atoms. The van der Waals surface area contributed by atoms with Crippen molar-refractivity contribution in [2.75, 3.05) is 19.6 Å². The summed E-state index contributed by atoms with van der Waals surface area (Å²) >= 11 is 0. The fourth-order valence-electron chi connectivity index (χ4n) is 2.35. The predicted octanol–water partition coefficient (Wildman–Crippen LogP) is 1.36. The van der Waals surface area contributed by atoms with Crippen LogP contribution in [0.1, 0.15) is 32.1 Å². The largest absolute Gasteiger partial charge is 0.336 e. The maximum absolute atomic E-state index is 12.4. The lowest BCUT2D eigenvalue weighted by Gasteiger charge is -2.37. The fraction of sp³-hybridized carbons (Fsp3) is 0.692. The summed E-state index contributed by atoms with van der Waals surface area (Å²) in [5, 5.41) is 3.34. The van der Waals surface area contributed by atoms with Gasteiger partial charge in [-0.1, -0.05) is 13.8 Å². The van der Waals surface area contributed by atoms with Gasteiger partial charge >= 0.3 is 0 Å². The Morgan fingerprint density at radius 3 is 2.95 bits per heavy atom. The summed E-state index contributed by atoms with van der Waals surface area (Å²) in [6.07, 6.45) is 4.60.